The van der Waals surface area contributed by atoms with Crippen LogP contribution in [0.1, 0.15) is 12.6 Å². The number of anilines is 1. The zero-order valence-electron chi connectivity index (χ0n) is 15.8. The van der Waals surface area contributed by atoms with Crippen molar-refractivity contribution in [3.05, 3.63) is 59.4 Å². The first-order valence-electron chi connectivity index (χ1n) is 9.26. The summed E-state index contributed by atoms with van der Waals surface area (Å²) in [5.41, 5.74) is 1.86. The molecule has 1 saturated heterocycles. The summed E-state index contributed by atoms with van der Waals surface area (Å²) in [6.07, 6.45) is 1.68. The number of carbonyl (C=O) groups is 2. The van der Waals surface area contributed by atoms with Gasteiger partial charge in [-0.2, -0.15) is 0 Å². The number of nitrogens with zero attached hydrogens (tertiary/aromatic N) is 3. The van der Waals surface area contributed by atoms with Crippen LogP contribution in [0.15, 0.2) is 48.7 Å². The third-order valence-corrected chi connectivity index (χ3v) is 4.91. The van der Waals surface area contributed by atoms with Crippen molar-refractivity contribution in [2.24, 2.45) is 0 Å². The average molecular weight is 402 g/mol. The predicted octanol–water partition coefficient (Wildman–Crippen LogP) is 2.27. The van der Waals surface area contributed by atoms with Crippen LogP contribution in [0.2, 0.25) is 5.02 Å². The van der Waals surface area contributed by atoms with E-state index in [1.54, 1.807) is 18.0 Å². The number of hydrogen-bond donors (Lipinski definition) is 2. The van der Waals surface area contributed by atoms with Gasteiger partial charge in [0.1, 0.15) is 6.04 Å². The van der Waals surface area contributed by atoms with Crippen molar-refractivity contribution in [1.82, 2.24) is 20.5 Å². The molecule has 0 bridgehead atoms. The van der Waals surface area contributed by atoms with E-state index in [0.717, 1.165) is 24.5 Å². The Bertz CT molecular complexity index is 792. The molecule has 3 rings (SSSR count). The van der Waals surface area contributed by atoms with Gasteiger partial charge >= 0.3 is 6.03 Å². The number of hydrogen-bond acceptors (Lipinski definition) is 4. The molecule has 2 aromatic rings. The maximum atomic E-state index is 12.5. The minimum Gasteiger partial charge on any atom is -0.368 e. The molecule has 1 aliphatic rings. The van der Waals surface area contributed by atoms with Gasteiger partial charge in [0.2, 0.25) is 5.91 Å². The lowest BCUT2D eigenvalue weighted by Crippen LogP contribution is -2.55. The van der Waals surface area contributed by atoms with Gasteiger partial charge in [0.05, 0.1) is 12.2 Å². The summed E-state index contributed by atoms with van der Waals surface area (Å²) < 4.78 is 0. The summed E-state index contributed by atoms with van der Waals surface area (Å²) in [6, 6.07) is 12.4. The summed E-state index contributed by atoms with van der Waals surface area (Å²) in [5, 5.41) is 6.26. The van der Waals surface area contributed by atoms with Gasteiger partial charge in [-0.3, -0.25) is 9.78 Å². The molecule has 1 aromatic heterocycles. The molecule has 0 aliphatic carbocycles. The molecule has 3 amide bonds. The average Bonchev–Trinajstić information content (AvgIpc) is 2.73. The summed E-state index contributed by atoms with van der Waals surface area (Å²) in [7, 11) is 0. The Morgan fingerprint density at radius 2 is 1.82 bits per heavy atom. The highest BCUT2D eigenvalue weighted by Crippen LogP contribution is 2.19. The molecule has 1 fully saturated rings. The fourth-order valence-electron chi connectivity index (χ4n) is 3.00. The Labute approximate surface area is 169 Å². The van der Waals surface area contributed by atoms with Crippen LogP contribution in [0.5, 0.6) is 0 Å². The van der Waals surface area contributed by atoms with E-state index in [2.05, 4.69) is 20.5 Å². The van der Waals surface area contributed by atoms with Crippen molar-refractivity contribution < 1.29 is 9.59 Å². The fraction of sp³-hybridized carbons (Fsp3) is 0.350. The fourth-order valence-corrected chi connectivity index (χ4v) is 3.12. The van der Waals surface area contributed by atoms with Gasteiger partial charge < -0.3 is 20.4 Å². The molecule has 1 atom stereocenters. The van der Waals surface area contributed by atoms with E-state index in [4.69, 9.17) is 11.6 Å². The van der Waals surface area contributed by atoms with Crippen LogP contribution in [0.25, 0.3) is 0 Å². The lowest BCUT2D eigenvalue weighted by atomic mass is 10.2. The largest absolute Gasteiger partial charge is 0.368 e. The summed E-state index contributed by atoms with van der Waals surface area (Å²) in [4.78, 5) is 32.8. The molecule has 28 heavy (non-hydrogen) atoms. The van der Waals surface area contributed by atoms with Crippen molar-refractivity contribution in [3.63, 3.8) is 0 Å². The number of urea groups is 1. The molecule has 7 nitrogen and oxygen atoms in total. The SMILES string of the molecule is C[C@@H](NC(=O)N1CCN(c2ccc(Cl)cc2)CC1)C(=O)NCc1ccccn1. The maximum Gasteiger partial charge on any atom is 0.318 e. The minimum atomic E-state index is -0.620. The molecule has 0 saturated carbocycles. The van der Waals surface area contributed by atoms with E-state index in [1.165, 1.54) is 0 Å². The molecule has 1 aromatic carbocycles. The van der Waals surface area contributed by atoms with Gasteiger partial charge in [-0.15, -0.1) is 0 Å². The summed E-state index contributed by atoms with van der Waals surface area (Å²) >= 11 is 5.93. The van der Waals surface area contributed by atoms with E-state index in [9.17, 15) is 9.59 Å². The molecule has 1 aliphatic heterocycles. The van der Waals surface area contributed by atoms with E-state index < -0.39 is 6.04 Å². The number of piperazine rings is 1. The van der Waals surface area contributed by atoms with Crippen molar-refractivity contribution in [1.29, 1.82) is 0 Å². The highest BCUT2D eigenvalue weighted by molar-refractivity contribution is 6.30. The molecule has 2 heterocycles. The van der Waals surface area contributed by atoms with Crippen LogP contribution in [0, 0.1) is 0 Å². The number of halogens is 1. The molecular weight excluding hydrogens is 378 g/mol. The Kier molecular flexibility index (Phi) is 6.71. The van der Waals surface area contributed by atoms with Gasteiger partial charge in [0.25, 0.3) is 0 Å². The summed E-state index contributed by atoms with van der Waals surface area (Å²) in [5.74, 6) is -0.237. The van der Waals surface area contributed by atoms with Crippen LogP contribution in [-0.4, -0.2) is 54.0 Å². The van der Waals surface area contributed by atoms with E-state index in [1.807, 2.05) is 42.5 Å². The monoisotopic (exact) mass is 401 g/mol. The first-order chi connectivity index (χ1) is 13.5. The highest BCUT2D eigenvalue weighted by atomic mass is 35.5. The Hall–Kier alpha value is -2.80. The van der Waals surface area contributed by atoms with Gasteiger partial charge in [-0.25, -0.2) is 4.79 Å². The third kappa shape index (κ3) is 5.36. The maximum absolute atomic E-state index is 12.5. The lowest BCUT2D eigenvalue weighted by molar-refractivity contribution is -0.122. The van der Waals surface area contributed by atoms with Gasteiger partial charge in [0.15, 0.2) is 0 Å². The third-order valence-electron chi connectivity index (χ3n) is 4.66. The van der Waals surface area contributed by atoms with Crippen molar-refractivity contribution in [2.75, 3.05) is 31.1 Å². The second-order valence-corrected chi connectivity index (χ2v) is 7.10. The molecule has 0 radical (unpaired) electrons. The first-order valence-corrected chi connectivity index (χ1v) is 9.64. The van der Waals surface area contributed by atoms with E-state index in [-0.39, 0.29) is 11.9 Å². The van der Waals surface area contributed by atoms with Gasteiger partial charge in [-0.05, 0) is 43.3 Å². The van der Waals surface area contributed by atoms with Crippen LogP contribution < -0.4 is 15.5 Å². The molecular formula is C20H24ClN5O2. The smallest absolute Gasteiger partial charge is 0.318 e. The number of benzene rings is 1. The number of amides is 3. The zero-order valence-corrected chi connectivity index (χ0v) is 16.5. The molecule has 0 unspecified atom stereocenters. The van der Waals surface area contributed by atoms with Crippen LogP contribution >= 0.6 is 11.6 Å². The molecule has 8 heteroatoms. The number of rotatable bonds is 5. The Morgan fingerprint density at radius 1 is 1.11 bits per heavy atom. The number of nitrogens with one attached hydrogen (secondary N) is 2. The Morgan fingerprint density at radius 3 is 2.46 bits per heavy atom. The minimum absolute atomic E-state index is 0.226. The topological polar surface area (TPSA) is 77.6 Å². The molecule has 148 valence electrons. The second kappa shape index (κ2) is 9.41. The summed E-state index contributed by atoms with van der Waals surface area (Å²) in [6.45, 7) is 4.66. The van der Waals surface area contributed by atoms with Gasteiger partial charge in [0, 0.05) is 43.1 Å². The standard InChI is InChI=1S/C20H24ClN5O2/c1-15(19(27)23-14-17-4-2-3-9-22-17)24-20(28)26-12-10-25(11-13-26)18-7-5-16(21)6-8-18/h2-9,15H,10-14H2,1H3,(H,23,27)(H,24,28)/t15-/m1/s1. The predicted molar refractivity (Wildman–Crippen MR) is 109 cm³/mol. The normalized spacial score (nSPS) is 15.1. The van der Waals surface area contributed by atoms with Crippen LogP contribution in [0.3, 0.4) is 0 Å². The second-order valence-electron chi connectivity index (χ2n) is 6.66. The van der Waals surface area contributed by atoms with Crippen molar-refractivity contribution in [2.45, 2.75) is 19.5 Å². The Balaban J connectivity index is 1.43. The number of carbonyl (C=O) groups excluding carboxylic acids is 2. The quantitative estimate of drug-likeness (QED) is 0.805. The molecule has 0 spiro atoms. The highest BCUT2D eigenvalue weighted by Gasteiger charge is 2.24. The van der Waals surface area contributed by atoms with Crippen LogP contribution in [0.4, 0.5) is 10.5 Å². The number of aromatic nitrogens is 1. The first kappa shape index (κ1) is 19.9. The van der Waals surface area contributed by atoms with Crippen molar-refractivity contribution >= 4 is 29.2 Å². The zero-order chi connectivity index (χ0) is 19.9. The van der Waals surface area contributed by atoms with E-state index >= 15 is 0 Å². The molecule has 2 N–H and O–H groups in total. The van der Waals surface area contributed by atoms with Gasteiger partial charge in [-0.1, -0.05) is 17.7 Å². The van der Waals surface area contributed by atoms with Crippen LogP contribution in [-0.2, 0) is 11.3 Å². The van der Waals surface area contributed by atoms with E-state index in [0.29, 0.717) is 24.7 Å². The lowest BCUT2D eigenvalue weighted by Gasteiger charge is -2.36. The number of pyridine rings is 1. The van der Waals surface area contributed by atoms with Crippen molar-refractivity contribution in [3.8, 4) is 0 Å².